The summed E-state index contributed by atoms with van der Waals surface area (Å²) >= 11 is -4.42. The predicted octanol–water partition coefficient (Wildman–Crippen LogP) is 1.18. The molecule has 4 atom stereocenters. The molecule has 0 heterocycles. The molecule has 0 saturated carbocycles. The molecule has 0 aromatic carbocycles. The smallest absolute Gasteiger partial charge is 0.0249 e. The van der Waals surface area contributed by atoms with Crippen molar-refractivity contribution in [3.63, 3.8) is 0 Å². The first kappa shape index (κ1) is 15.2. The third kappa shape index (κ3) is 5.19. The Morgan fingerprint density at radius 2 is 1.13 bits per heavy atom. The summed E-state index contributed by atoms with van der Waals surface area (Å²) in [7, 11) is 0. The van der Waals surface area contributed by atoms with E-state index in [0.29, 0.717) is 0 Å². The third-order valence-electron chi connectivity index (χ3n) is 2.45. The molecule has 4 unspecified atom stereocenters. The molecule has 0 aliphatic heterocycles. The topological polar surface area (TPSA) is 80.3 Å². The molecule has 0 aliphatic carbocycles. The lowest BCUT2D eigenvalue weighted by Gasteiger charge is -2.31. The Hall–Kier alpha value is 0.220. The lowest BCUT2D eigenvalue weighted by molar-refractivity contribution is 0.430. The predicted molar refractivity (Wildman–Crippen MR) is 59.7 cm³/mol. The largest absolute Gasteiger partial charge is 0.772 e. The van der Waals surface area contributed by atoms with Gasteiger partial charge in [0.1, 0.15) is 0 Å². The van der Waals surface area contributed by atoms with Crippen molar-refractivity contribution in [3.8, 4) is 0 Å². The monoisotopic (exact) mass is 254 g/mol. The van der Waals surface area contributed by atoms with Gasteiger partial charge in [0.05, 0.1) is 0 Å². The van der Waals surface area contributed by atoms with Crippen molar-refractivity contribution in [2.24, 2.45) is 11.8 Å². The molecule has 92 valence electrons. The highest BCUT2D eigenvalue weighted by atomic mass is 32.2. The van der Waals surface area contributed by atoms with Crippen LogP contribution in [0.2, 0.25) is 0 Å². The van der Waals surface area contributed by atoms with Crippen LogP contribution >= 0.6 is 0 Å². The fraction of sp³-hybridized carbons (Fsp3) is 1.00. The summed E-state index contributed by atoms with van der Waals surface area (Å²) in [6, 6.07) is 0. The van der Waals surface area contributed by atoms with Crippen molar-refractivity contribution in [1.82, 2.24) is 0 Å². The zero-order chi connectivity index (χ0) is 12.2. The summed E-state index contributed by atoms with van der Waals surface area (Å²) in [4.78, 5) is 0. The maximum absolute atomic E-state index is 10.9. The second-order valence-electron chi connectivity index (χ2n) is 4.32. The second kappa shape index (κ2) is 6.73. The van der Waals surface area contributed by atoms with E-state index in [1.165, 1.54) is 0 Å². The molecule has 0 amide bonds. The summed E-state index contributed by atoms with van der Waals surface area (Å²) in [5, 5.41) is -1.18. The van der Waals surface area contributed by atoms with Crippen molar-refractivity contribution in [3.05, 3.63) is 0 Å². The van der Waals surface area contributed by atoms with E-state index >= 15 is 0 Å². The molecule has 0 aliphatic rings. The van der Waals surface area contributed by atoms with E-state index in [1.54, 1.807) is 27.7 Å². The molecule has 0 saturated heterocycles. The summed E-state index contributed by atoms with van der Waals surface area (Å²) in [6.45, 7) is 7.13. The van der Waals surface area contributed by atoms with Gasteiger partial charge in [0.2, 0.25) is 0 Å². The average Bonchev–Trinajstić information content (AvgIpc) is 2.01. The van der Waals surface area contributed by atoms with E-state index in [0.717, 1.165) is 0 Å². The first-order valence-electron chi connectivity index (χ1n) is 4.93. The quantitative estimate of drug-likeness (QED) is 0.667. The van der Waals surface area contributed by atoms with E-state index < -0.39 is 32.7 Å². The molecule has 0 fully saturated rings. The van der Waals surface area contributed by atoms with Crippen LogP contribution in [0.25, 0.3) is 0 Å². The van der Waals surface area contributed by atoms with Crippen molar-refractivity contribution in [2.75, 3.05) is 0 Å². The highest BCUT2D eigenvalue weighted by Gasteiger charge is 2.23. The highest BCUT2D eigenvalue weighted by Crippen LogP contribution is 2.21. The minimum atomic E-state index is -2.21. The number of hydrogen-bond donors (Lipinski definition) is 0. The van der Waals surface area contributed by atoms with Crippen LogP contribution in [0.1, 0.15) is 34.1 Å². The van der Waals surface area contributed by atoms with Gasteiger partial charge in [0, 0.05) is 10.5 Å². The van der Waals surface area contributed by atoms with Crippen LogP contribution in [0, 0.1) is 11.8 Å². The maximum atomic E-state index is 10.9. The van der Waals surface area contributed by atoms with Gasteiger partial charge in [-0.1, -0.05) is 49.9 Å². The van der Waals surface area contributed by atoms with Crippen molar-refractivity contribution in [2.45, 2.75) is 44.6 Å². The number of hydrogen-bond acceptors (Lipinski definition) is 4. The van der Waals surface area contributed by atoms with Gasteiger partial charge in [-0.05, 0) is 18.3 Å². The Morgan fingerprint density at radius 3 is 1.27 bits per heavy atom. The number of rotatable bonds is 6. The van der Waals surface area contributed by atoms with Gasteiger partial charge in [-0.2, -0.15) is 0 Å². The second-order valence-corrected chi connectivity index (χ2v) is 6.57. The van der Waals surface area contributed by atoms with Gasteiger partial charge in [-0.25, -0.2) is 0 Å². The molecular weight excluding hydrogens is 236 g/mol. The Balaban J connectivity index is 4.62. The van der Waals surface area contributed by atoms with Gasteiger partial charge in [-0.3, -0.25) is 8.42 Å². The normalized spacial score (nSPS) is 20.3. The van der Waals surface area contributed by atoms with Crippen LogP contribution in [0.3, 0.4) is 0 Å². The first-order chi connectivity index (χ1) is 6.77. The van der Waals surface area contributed by atoms with Crippen molar-refractivity contribution in [1.29, 1.82) is 0 Å². The molecule has 0 rings (SSSR count). The van der Waals surface area contributed by atoms with Gasteiger partial charge in [0.25, 0.3) is 0 Å². The van der Waals surface area contributed by atoms with E-state index in [-0.39, 0.29) is 18.3 Å². The minimum Gasteiger partial charge on any atom is -0.772 e. The van der Waals surface area contributed by atoms with E-state index in [1.807, 2.05) is 0 Å². The fourth-order valence-electron chi connectivity index (χ4n) is 1.37. The standard InChI is InChI=1S/C9H20O4S2/c1-6(2)8(14(10)11)5-9(7(3)4)15(12)13/h6-9H,5H2,1-4H3,(H,10,11)(H,12,13)/p-2. The molecule has 6 heteroatoms. The minimum absolute atomic E-state index is 0.0619. The molecule has 0 aromatic heterocycles. The molecule has 0 radical (unpaired) electrons. The van der Waals surface area contributed by atoms with Gasteiger partial charge < -0.3 is 9.11 Å². The Morgan fingerprint density at radius 1 is 0.867 bits per heavy atom. The van der Waals surface area contributed by atoms with Gasteiger partial charge in [0.15, 0.2) is 0 Å². The summed E-state index contributed by atoms with van der Waals surface area (Å²) in [6.07, 6.45) is 0.182. The van der Waals surface area contributed by atoms with Crippen LogP contribution in [-0.4, -0.2) is 28.0 Å². The molecule has 15 heavy (non-hydrogen) atoms. The average molecular weight is 254 g/mol. The fourth-order valence-corrected chi connectivity index (χ4v) is 3.11. The zero-order valence-corrected chi connectivity index (χ0v) is 11.1. The van der Waals surface area contributed by atoms with Crippen molar-refractivity contribution < 1.29 is 17.5 Å². The molecule has 0 N–H and O–H groups in total. The molecule has 0 bridgehead atoms. The summed E-state index contributed by atoms with van der Waals surface area (Å²) in [5.41, 5.74) is 0. The maximum Gasteiger partial charge on any atom is 0.0249 e. The van der Waals surface area contributed by atoms with Crippen LogP contribution < -0.4 is 0 Å². The van der Waals surface area contributed by atoms with Gasteiger partial charge in [-0.15, -0.1) is 0 Å². The van der Waals surface area contributed by atoms with E-state index in [9.17, 15) is 17.5 Å². The van der Waals surface area contributed by atoms with E-state index in [4.69, 9.17) is 0 Å². The van der Waals surface area contributed by atoms with Crippen LogP contribution in [0.5, 0.6) is 0 Å². The third-order valence-corrected chi connectivity index (χ3v) is 4.91. The zero-order valence-electron chi connectivity index (χ0n) is 9.47. The lowest BCUT2D eigenvalue weighted by Crippen LogP contribution is -2.32. The van der Waals surface area contributed by atoms with Crippen molar-refractivity contribution >= 4 is 22.2 Å². The summed E-state index contributed by atoms with van der Waals surface area (Å²) in [5.74, 6) is -0.124. The highest BCUT2D eigenvalue weighted by molar-refractivity contribution is 7.80. The van der Waals surface area contributed by atoms with Gasteiger partial charge >= 0.3 is 0 Å². The van der Waals surface area contributed by atoms with Crippen LogP contribution in [-0.2, 0) is 22.2 Å². The van der Waals surface area contributed by atoms with Crippen LogP contribution in [0.15, 0.2) is 0 Å². The van der Waals surface area contributed by atoms with Crippen LogP contribution in [0.4, 0.5) is 0 Å². The SMILES string of the molecule is CC(C)C(CC(C(C)C)S(=O)[O-])S(=O)[O-]. The molecule has 4 nitrogen and oxygen atoms in total. The Labute approximate surface area is 96.4 Å². The Kier molecular flexibility index (Phi) is 6.83. The first-order valence-corrected chi connectivity index (χ1v) is 7.21. The molecule has 0 aromatic rings. The molecular formula is C9H18O4S2-2. The summed E-state index contributed by atoms with van der Waals surface area (Å²) < 4.78 is 43.7. The lowest BCUT2D eigenvalue weighted by atomic mass is 10.00. The molecule has 0 spiro atoms. The Bertz CT molecular complexity index is 216. The van der Waals surface area contributed by atoms with E-state index in [2.05, 4.69) is 0 Å².